The highest BCUT2D eigenvalue weighted by Gasteiger charge is 2.56. The molecule has 0 aromatic carbocycles. The number of carbonyl (C=O) groups is 3. The van der Waals surface area contributed by atoms with Crippen molar-refractivity contribution >= 4 is 17.9 Å². The summed E-state index contributed by atoms with van der Waals surface area (Å²) in [5.74, 6) is -1.37. The molecule has 7 heteroatoms. The van der Waals surface area contributed by atoms with E-state index in [1.165, 1.54) is 14.2 Å². The highest BCUT2D eigenvalue weighted by Crippen LogP contribution is 2.44. The van der Waals surface area contributed by atoms with Gasteiger partial charge in [0.2, 0.25) is 0 Å². The van der Waals surface area contributed by atoms with Crippen molar-refractivity contribution in [2.45, 2.75) is 53.0 Å². The van der Waals surface area contributed by atoms with Gasteiger partial charge in [-0.15, -0.1) is 5.48 Å². The molecule has 0 aromatic rings. The Labute approximate surface area is 148 Å². The fourth-order valence-electron chi connectivity index (χ4n) is 2.87. The largest absolute Gasteiger partial charge is 0.466 e. The number of hydrogen-bond acceptors (Lipinski definition) is 7. The van der Waals surface area contributed by atoms with Crippen LogP contribution in [0.5, 0.6) is 0 Å². The Bertz CT molecular complexity index is 631. The van der Waals surface area contributed by atoms with Gasteiger partial charge in [-0.2, -0.15) is 0 Å². The van der Waals surface area contributed by atoms with E-state index < -0.39 is 28.9 Å². The molecule has 0 aromatic heterocycles. The molecule has 0 saturated carbocycles. The second-order valence-electron chi connectivity index (χ2n) is 6.63. The molecule has 25 heavy (non-hydrogen) atoms. The molecule has 1 aliphatic rings. The second-order valence-corrected chi connectivity index (χ2v) is 6.63. The van der Waals surface area contributed by atoms with Crippen LogP contribution in [0.3, 0.4) is 0 Å². The fraction of sp³-hybridized carbons (Fsp3) is 0.611. The Morgan fingerprint density at radius 3 is 2.12 bits per heavy atom. The lowest BCUT2D eigenvalue weighted by Crippen LogP contribution is -2.50. The highest BCUT2D eigenvalue weighted by atomic mass is 16.7. The summed E-state index contributed by atoms with van der Waals surface area (Å²) < 4.78 is 9.59. The van der Waals surface area contributed by atoms with Gasteiger partial charge in [0.1, 0.15) is 0 Å². The first-order valence-electron chi connectivity index (χ1n) is 8.11. The van der Waals surface area contributed by atoms with E-state index in [9.17, 15) is 14.4 Å². The number of carbonyl (C=O) groups excluding carboxylic acids is 3. The van der Waals surface area contributed by atoms with Crippen LogP contribution >= 0.6 is 0 Å². The van der Waals surface area contributed by atoms with Crippen LogP contribution in [0, 0.1) is 5.41 Å². The van der Waals surface area contributed by atoms with Gasteiger partial charge in [0.15, 0.2) is 0 Å². The van der Waals surface area contributed by atoms with E-state index in [-0.39, 0.29) is 6.42 Å². The summed E-state index contributed by atoms with van der Waals surface area (Å²) in [7, 11) is 2.59. The van der Waals surface area contributed by atoms with Crippen LogP contribution in [0.4, 0.5) is 0 Å². The van der Waals surface area contributed by atoms with E-state index >= 15 is 0 Å². The molecule has 140 valence electrons. The van der Waals surface area contributed by atoms with Gasteiger partial charge in [-0.1, -0.05) is 13.0 Å². The van der Waals surface area contributed by atoms with Crippen LogP contribution in [0.25, 0.3) is 0 Å². The fourth-order valence-corrected chi connectivity index (χ4v) is 2.87. The molecular weight excluding hydrogens is 326 g/mol. The van der Waals surface area contributed by atoms with Crippen molar-refractivity contribution in [3.8, 4) is 0 Å². The minimum absolute atomic E-state index is 0.179. The van der Waals surface area contributed by atoms with Crippen LogP contribution in [-0.4, -0.2) is 37.7 Å². The number of esters is 2. The van der Waals surface area contributed by atoms with E-state index in [0.29, 0.717) is 23.1 Å². The highest BCUT2D eigenvalue weighted by molar-refractivity contribution is 5.92. The van der Waals surface area contributed by atoms with Crippen LogP contribution in [0.2, 0.25) is 0 Å². The number of allylic oxidation sites excluding steroid dienone is 1. The molecule has 1 rings (SSSR count). The molecule has 1 atom stereocenters. The zero-order valence-corrected chi connectivity index (χ0v) is 15.9. The predicted octanol–water partition coefficient (Wildman–Crippen LogP) is 2.22. The Morgan fingerprint density at radius 2 is 1.72 bits per heavy atom. The molecule has 7 nitrogen and oxygen atoms in total. The predicted molar refractivity (Wildman–Crippen MR) is 91.1 cm³/mol. The van der Waals surface area contributed by atoms with Gasteiger partial charge in [0, 0.05) is 11.1 Å². The topological polar surface area (TPSA) is 90.9 Å². The van der Waals surface area contributed by atoms with E-state index in [0.717, 1.165) is 0 Å². The van der Waals surface area contributed by atoms with E-state index in [1.807, 2.05) is 13.8 Å². The lowest BCUT2D eigenvalue weighted by Gasteiger charge is -2.36. The third kappa shape index (κ3) is 3.76. The molecule has 1 aliphatic heterocycles. The van der Waals surface area contributed by atoms with Crippen molar-refractivity contribution in [3.63, 3.8) is 0 Å². The maximum atomic E-state index is 12.4. The summed E-state index contributed by atoms with van der Waals surface area (Å²) in [5, 5.41) is 0. The van der Waals surface area contributed by atoms with Crippen molar-refractivity contribution < 1.29 is 28.7 Å². The monoisotopic (exact) mass is 353 g/mol. The average Bonchev–Trinajstić information content (AvgIpc) is 2.80. The van der Waals surface area contributed by atoms with Crippen molar-refractivity contribution in [2.75, 3.05) is 14.2 Å². The third-order valence-corrected chi connectivity index (χ3v) is 4.98. The van der Waals surface area contributed by atoms with Crippen molar-refractivity contribution in [1.82, 2.24) is 5.48 Å². The summed E-state index contributed by atoms with van der Waals surface area (Å²) in [6, 6.07) is 0. The lowest BCUT2D eigenvalue weighted by molar-refractivity contribution is -0.148. The average molecular weight is 353 g/mol. The summed E-state index contributed by atoms with van der Waals surface area (Å²) in [6.45, 7) is 8.83. The number of nitrogens with one attached hydrogen (secondary N) is 1. The Morgan fingerprint density at radius 1 is 1.16 bits per heavy atom. The number of ether oxygens (including phenoxy) is 2. The van der Waals surface area contributed by atoms with Crippen molar-refractivity contribution in [2.24, 2.45) is 5.41 Å². The number of rotatable bonds is 6. The van der Waals surface area contributed by atoms with Gasteiger partial charge in [-0.25, -0.2) is 14.4 Å². The van der Waals surface area contributed by atoms with Crippen LogP contribution in [-0.2, 0) is 28.7 Å². The standard InChI is InChI=1S/C18H27NO6/c1-8-13(18(5)17(3,4)16(22)25-19-18)12(15(21)24-7)10-9-11(2)14(20)23-6/h9,19H,8,10H2,1-7H3/b11-9+,13-12+. The molecular formula is C18H27NO6. The first-order chi connectivity index (χ1) is 11.6. The molecule has 0 spiro atoms. The minimum atomic E-state index is -0.880. The molecule has 1 fully saturated rings. The SMILES string of the molecule is CC/C(=C(/C/C=C(\C)C(=O)OC)C(=O)OC)C1(C)NOC(=O)C1(C)C. The van der Waals surface area contributed by atoms with Crippen molar-refractivity contribution in [3.05, 3.63) is 22.8 Å². The minimum Gasteiger partial charge on any atom is -0.466 e. The number of hydrogen-bond donors (Lipinski definition) is 1. The van der Waals surface area contributed by atoms with Gasteiger partial charge in [0.05, 0.1) is 25.2 Å². The molecule has 0 bridgehead atoms. The molecule has 0 amide bonds. The first kappa shape index (κ1) is 20.9. The van der Waals surface area contributed by atoms with Gasteiger partial charge < -0.3 is 14.3 Å². The van der Waals surface area contributed by atoms with Crippen molar-refractivity contribution in [1.29, 1.82) is 0 Å². The van der Waals surface area contributed by atoms with E-state index in [1.54, 1.807) is 26.8 Å². The zero-order chi connectivity index (χ0) is 19.4. The smallest absolute Gasteiger partial charge is 0.334 e. The van der Waals surface area contributed by atoms with Gasteiger partial charge in [-0.05, 0) is 46.1 Å². The summed E-state index contributed by atoms with van der Waals surface area (Å²) in [4.78, 5) is 41.1. The lowest BCUT2D eigenvalue weighted by atomic mass is 9.68. The van der Waals surface area contributed by atoms with Gasteiger partial charge >= 0.3 is 17.9 Å². The maximum absolute atomic E-state index is 12.4. The Balaban J connectivity index is 3.45. The Kier molecular flexibility index (Phi) is 6.54. The summed E-state index contributed by atoms with van der Waals surface area (Å²) in [6.07, 6.45) is 2.29. The van der Waals surface area contributed by atoms with Gasteiger partial charge in [0.25, 0.3) is 0 Å². The summed E-state index contributed by atoms with van der Waals surface area (Å²) in [5.41, 5.74) is 2.49. The molecule has 0 aliphatic carbocycles. The second kappa shape index (κ2) is 7.82. The van der Waals surface area contributed by atoms with E-state index in [4.69, 9.17) is 9.57 Å². The molecule has 1 heterocycles. The number of methoxy groups -OCH3 is 2. The molecule has 1 saturated heterocycles. The third-order valence-electron chi connectivity index (χ3n) is 4.98. The zero-order valence-electron chi connectivity index (χ0n) is 15.9. The molecule has 1 N–H and O–H groups in total. The normalized spacial score (nSPS) is 23.6. The Hall–Kier alpha value is -2.15. The molecule has 1 unspecified atom stereocenters. The van der Waals surface area contributed by atoms with Crippen LogP contribution in [0.15, 0.2) is 22.8 Å². The van der Waals surface area contributed by atoms with E-state index in [2.05, 4.69) is 10.2 Å². The van der Waals surface area contributed by atoms with Crippen LogP contribution < -0.4 is 5.48 Å². The quantitative estimate of drug-likeness (QED) is 0.445. The maximum Gasteiger partial charge on any atom is 0.334 e. The van der Waals surface area contributed by atoms with Crippen LogP contribution in [0.1, 0.15) is 47.5 Å². The first-order valence-corrected chi connectivity index (χ1v) is 8.11. The summed E-state index contributed by atoms with van der Waals surface area (Å²) >= 11 is 0. The molecule has 0 radical (unpaired) electrons. The number of hydroxylamine groups is 1. The van der Waals surface area contributed by atoms with Gasteiger partial charge in [-0.3, -0.25) is 0 Å².